The number of nitrogens with zero attached hydrogens (tertiary/aromatic N) is 2. The quantitative estimate of drug-likeness (QED) is 0.673. The second-order valence-electron chi connectivity index (χ2n) is 5.11. The predicted octanol–water partition coefficient (Wildman–Crippen LogP) is 2.42. The van der Waals surface area contributed by atoms with Gasteiger partial charge in [-0.1, -0.05) is 0 Å². The van der Waals surface area contributed by atoms with Gasteiger partial charge in [0.1, 0.15) is 0 Å². The summed E-state index contributed by atoms with van der Waals surface area (Å²) in [7, 11) is 0. The summed E-state index contributed by atoms with van der Waals surface area (Å²) in [5, 5.41) is 11.9. The molecular weight excluding hydrogens is 242 g/mol. The minimum Gasteiger partial charge on any atom is -0.327 e. The molecule has 1 saturated carbocycles. The minimum absolute atomic E-state index is 0.0211. The summed E-state index contributed by atoms with van der Waals surface area (Å²) in [4.78, 5) is 15.2. The molecule has 1 aromatic carbocycles. The number of fused-ring (bicyclic) bond motifs is 1. The van der Waals surface area contributed by atoms with Gasteiger partial charge in [-0.25, -0.2) is 0 Å². The lowest BCUT2D eigenvalue weighted by atomic mass is 9.99. The smallest absolute Gasteiger partial charge is 0.281 e. The van der Waals surface area contributed by atoms with Crippen molar-refractivity contribution >= 4 is 16.6 Å². The average molecular weight is 257 g/mol. The largest absolute Gasteiger partial charge is 0.327 e. The summed E-state index contributed by atoms with van der Waals surface area (Å²) in [5.41, 5.74) is 7.60. The van der Waals surface area contributed by atoms with E-state index in [1.54, 1.807) is 24.4 Å². The predicted molar refractivity (Wildman–Crippen MR) is 72.8 cm³/mol. The first-order valence-electron chi connectivity index (χ1n) is 6.43. The van der Waals surface area contributed by atoms with Crippen molar-refractivity contribution in [2.75, 3.05) is 0 Å². The molecule has 5 nitrogen and oxygen atoms in total. The van der Waals surface area contributed by atoms with Crippen molar-refractivity contribution in [2.24, 2.45) is 11.7 Å². The van der Waals surface area contributed by atoms with Crippen LogP contribution in [0.1, 0.15) is 18.4 Å². The highest BCUT2D eigenvalue weighted by atomic mass is 16.6. The van der Waals surface area contributed by atoms with Gasteiger partial charge in [0.05, 0.1) is 15.8 Å². The Morgan fingerprint density at radius 2 is 2.21 bits per heavy atom. The molecule has 19 heavy (non-hydrogen) atoms. The zero-order valence-corrected chi connectivity index (χ0v) is 10.5. The van der Waals surface area contributed by atoms with Crippen LogP contribution in [0.25, 0.3) is 10.9 Å². The third-order valence-corrected chi connectivity index (χ3v) is 3.71. The van der Waals surface area contributed by atoms with Crippen molar-refractivity contribution in [1.29, 1.82) is 0 Å². The van der Waals surface area contributed by atoms with Crippen LogP contribution in [-0.2, 0) is 6.42 Å². The molecule has 1 aromatic heterocycles. The molecular formula is C14H15N3O2. The van der Waals surface area contributed by atoms with Gasteiger partial charge in [-0.3, -0.25) is 15.1 Å². The zero-order chi connectivity index (χ0) is 13.4. The van der Waals surface area contributed by atoms with Gasteiger partial charge in [0, 0.05) is 17.8 Å². The first-order chi connectivity index (χ1) is 9.16. The van der Waals surface area contributed by atoms with Crippen molar-refractivity contribution in [1.82, 2.24) is 4.98 Å². The molecule has 0 amide bonds. The number of aromatic nitrogens is 1. The van der Waals surface area contributed by atoms with Gasteiger partial charge >= 0.3 is 0 Å². The molecule has 98 valence electrons. The minimum atomic E-state index is -0.320. The molecule has 1 aliphatic rings. The number of benzene rings is 1. The molecule has 3 rings (SSSR count). The molecule has 0 aliphatic heterocycles. The number of pyridine rings is 1. The second kappa shape index (κ2) is 4.59. The summed E-state index contributed by atoms with van der Waals surface area (Å²) in [6.07, 6.45) is 4.49. The van der Waals surface area contributed by atoms with E-state index in [1.165, 1.54) is 0 Å². The SMILES string of the molecule is NC(Cc1ccc2ncccc2c1[N+](=O)[O-])C1CC1. The zero-order valence-electron chi connectivity index (χ0n) is 10.5. The maximum Gasteiger partial charge on any atom is 0.281 e. The van der Waals surface area contributed by atoms with Crippen LogP contribution in [0.4, 0.5) is 5.69 Å². The van der Waals surface area contributed by atoms with E-state index in [9.17, 15) is 10.1 Å². The van der Waals surface area contributed by atoms with Crippen LogP contribution in [0, 0.1) is 16.0 Å². The van der Waals surface area contributed by atoms with E-state index < -0.39 is 0 Å². The Bertz CT molecular complexity index is 638. The Balaban J connectivity index is 2.07. The van der Waals surface area contributed by atoms with Gasteiger partial charge in [-0.2, -0.15) is 0 Å². The lowest BCUT2D eigenvalue weighted by Gasteiger charge is -2.11. The second-order valence-corrected chi connectivity index (χ2v) is 5.11. The van der Waals surface area contributed by atoms with Crippen molar-refractivity contribution in [2.45, 2.75) is 25.3 Å². The molecule has 1 heterocycles. The molecule has 1 fully saturated rings. The number of nitro groups is 1. The maximum atomic E-state index is 11.3. The first kappa shape index (κ1) is 12.0. The number of hydrogen-bond donors (Lipinski definition) is 1. The van der Waals surface area contributed by atoms with Gasteiger partial charge in [0.25, 0.3) is 5.69 Å². The van der Waals surface area contributed by atoms with Crippen LogP contribution in [0.3, 0.4) is 0 Å². The summed E-state index contributed by atoms with van der Waals surface area (Å²) >= 11 is 0. The van der Waals surface area contributed by atoms with Crippen LogP contribution < -0.4 is 5.73 Å². The standard InChI is InChI=1S/C14H15N3O2/c15-12(9-3-4-9)8-10-5-6-13-11(2-1-7-16-13)14(10)17(18)19/h1-2,5-7,9,12H,3-4,8,15H2. The van der Waals surface area contributed by atoms with Crippen LogP contribution >= 0.6 is 0 Å². The molecule has 2 aromatic rings. The van der Waals surface area contributed by atoms with E-state index >= 15 is 0 Å². The summed E-state index contributed by atoms with van der Waals surface area (Å²) in [6, 6.07) is 7.10. The highest BCUT2D eigenvalue weighted by Crippen LogP contribution is 2.35. The Kier molecular flexibility index (Phi) is 2.91. The Morgan fingerprint density at radius 3 is 2.89 bits per heavy atom. The Hall–Kier alpha value is -2.01. The van der Waals surface area contributed by atoms with Gasteiger partial charge in [0.2, 0.25) is 0 Å². The number of hydrogen-bond acceptors (Lipinski definition) is 4. The molecule has 5 heteroatoms. The molecule has 1 unspecified atom stereocenters. The molecule has 0 saturated heterocycles. The number of nitro benzene ring substituents is 1. The van der Waals surface area contributed by atoms with E-state index in [1.807, 2.05) is 6.07 Å². The van der Waals surface area contributed by atoms with Crippen LogP contribution in [0.15, 0.2) is 30.5 Å². The maximum absolute atomic E-state index is 11.3. The fourth-order valence-corrected chi connectivity index (χ4v) is 2.51. The van der Waals surface area contributed by atoms with E-state index in [0.29, 0.717) is 28.8 Å². The molecule has 2 N–H and O–H groups in total. The van der Waals surface area contributed by atoms with Crippen molar-refractivity contribution in [3.05, 3.63) is 46.1 Å². The summed E-state index contributed by atoms with van der Waals surface area (Å²) in [6.45, 7) is 0. The van der Waals surface area contributed by atoms with E-state index in [4.69, 9.17) is 5.73 Å². The monoisotopic (exact) mass is 257 g/mol. The highest BCUT2D eigenvalue weighted by molar-refractivity contribution is 5.89. The summed E-state index contributed by atoms with van der Waals surface area (Å²) in [5.74, 6) is 0.532. The van der Waals surface area contributed by atoms with Gasteiger partial charge in [0.15, 0.2) is 0 Å². The molecule has 1 aliphatic carbocycles. The van der Waals surface area contributed by atoms with E-state index in [-0.39, 0.29) is 16.7 Å². The fraction of sp³-hybridized carbons (Fsp3) is 0.357. The molecule has 0 bridgehead atoms. The topological polar surface area (TPSA) is 82.0 Å². The first-order valence-corrected chi connectivity index (χ1v) is 6.43. The number of rotatable bonds is 4. The molecule has 0 radical (unpaired) electrons. The van der Waals surface area contributed by atoms with Crippen molar-refractivity contribution < 1.29 is 4.92 Å². The Morgan fingerprint density at radius 1 is 1.42 bits per heavy atom. The highest BCUT2D eigenvalue weighted by Gasteiger charge is 2.30. The van der Waals surface area contributed by atoms with Crippen molar-refractivity contribution in [3.63, 3.8) is 0 Å². The van der Waals surface area contributed by atoms with E-state index in [2.05, 4.69) is 4.98 Å². The lowest BCUT2D eigenvalue weighted by Crippen LogP contribution is -2.25. The third-order valence-electron chi connectivity index (χ3n) is 3.71. The summed E-state index contributed by atoms with van der Waals surface area (Å²) < 4.78 is 0. The van der Waals surface area contributed by atoms with E-state index in [0.717, 1.165) is 12.8 Å². The van der Waals surface area contributed by atoms with Crippen LogP contribution in [0.2, 0.25) is 0 Å². The third kappa shape index (κ3) is 2.29. The molecule has 1 atom stereocenters. The van der Waals surface area contributed by atoms with Crippen LogP contribution in [-0.4, -0.2) is 15.9 Å². The van der Waals surface area contributed by atoms with Gasteiger partial charge in [-0.05, 0) is 49.4 Å². The number of nitrogens with two attached hydrogens (primary N) is 1. The lowest BCUT2D eigenvalue weighted by molar-refractivity contribution is -0.383. The van der Waals surface area contributed by atoms with Gasteiger partial charge < -0.3 is 5.73 Å². The fourth-order valence-electron chi connectivity index (χ4n) is 2.51. The van der Waals surface area contributed by atoms with Crippen LogP contribution in [0.5, 0.6) is 0 Å². The average Bonchev–Trinajstić information content (AvgIpc) is 3.22. The Labute approximate surface area is 110 Å². The van der Waals surface area contributed by atoms with Gasteiger partial charge in [-0.15, -0.1) is 0 Å². The molecule has 0 spiro atoms. The normalized spacial score (nSPS) is 16.5. The van der Waals surface area contributed by atoms with Crippen molar-refractivity contribution in [3.8, 4) is 0 Å².